The van der Waals surface area contributed by atoms with Crippen molar-refractivity contribution < 1.29 is 10.8 Å². The van der Waals surface area contributed by atoms with Gasteiger partial charge in [-0.25, -0.2) is 0 Å². The Morgan fingerprint density at radius 3 is 2.82 bits per heavy atom. The number of fused-ring (bicyclic) bond motifs is 1. The highest BCUT2D eigenvalue weighted by Crippen LogP contribution is 2.27. The number of aliphatic hydroxyl groups excluding tert-OH is 1. The van der Waals surface area contributed by atoms with E-state index in [2.05, 4.69) is 11.8 Å². The zero-order chi connectivity index (χ0) is 7.84. The lowest BCUT2D eigenvalue weighted by molar-refractivity contribution is -0.441. The zero-order valence-corrected chi connectivity index (χ0v) is 6.33. The SMILES string of the molecule is [NH3+][C@@H]1c2ccccc2C[C@H]1O. The van der Waals surface area contributed by atoms with Crippen molar-refractivity contribution in [1.82, 2.24) is 0 Å². The molecule has 0 saturated carbocycles. The van der Waals surface area contributed by atoms with Crippen LogP contribution in [0.15, 0.2) is 24.3 Å². The molecule has 1 aromatic carbocycles. The molecule has 0 radical (unpaired) electrons. The molecule has 2 heteroatoms. The second kappa shape index (κ2) is 2.32. The number of quaternary nitrogens is 1. The van der Waals surface area contributed by atoms with E-state index in [9.17, 15) is 5.11 Å². The minimum atomic E-state index is -0.271. The van der Waals surface area contributed by atoms with Crippen LogP contribution in [-0.4, -0.2) is 11.2 Å². The van der Waals surface area contributed by atoms with Gasteiger partial charge < -0.3 is 10.8 Å². The maximum absolute atomic E-state index is 9.46. The van der Waals surface area contributed by atoms with Crippen molar-refractivity contribution >= 4 is 0 Å². The van der Waals surface area contributed by atoms with Crippen LogP contribution in [0.3, 0.4) is 0 Å². The Bertz CT molecular complexity index is 272. The zero-order valence-electron chi connectivity index (χ0n) is 6.33. The smallest absolute Gasteiger partial charge is 0.137 e. The summed E-state index contributed by atoms with van der Waals surface area (Å²) in [6.45, 7) is 0. The van der Waals surface area contributed by atoms with Crippen LogP contribution >= 0.6 is 0 Å². The lowest BCUT2D eigenvalue weighted by atomic mass is 10.1. The summed E-state index contributed by atoms with van der Waals surface area (Å²) in [4.78, 5) is 0. The van der Waals surface area contributed by atoms with Gasteiger partial charge in [-0.05, 0) is 5.56 Å². The quantitative estimate of drug-likeness (QED) is 0.532. The van der Waals surface area contributed by atoms with E-state index in [-0.39, 0.29) is 12.1 Å². The van der Waals surface area contributed by atoms with E-state index in [1.54, 1.807) is 0 Å². The molecule has 58 valence electrons. The monoisotopic (exact) mass is 150 g/mol. The fourth-order valence-electron chi connectivity index (χ4n) is 1.66. The molecule has 2 atom stereocenters. The summed E-state index contributed by atoms with van der Waals surface area (Å²) >= 11 is 0. The van der Waals surface area contributed by atoms with Gasteiger partial charge in [0.1, 0.15) is 12.1 Å². The Balaban J connectivity index is 2.47. The van der Waals surface area contributed by atoms with Crippen molar-refractivity contribution in [2.75, 3.05) is 0 Å². The summed E-state index contributed by atoms with van der Waals surface area (Å²) in [6.07, 6.45) is 0.497. The van der Waals surface area contributed by atoms with Crippen molar-refractivity contribution in [3.63, 3.8) is 0 Å². The van der Waals surface area contributed by atoms with Crippen molar-refractivity contribution in [3.8, 4) is 0 Å². The maximum Gasteiger partial charge on any atom is 0.137 e. The molecule has 0 aliphatic heterocycles. The van der Waals surface area contributed by atoms with Crippen molar-refractivity contribution in [1.29, 1.82) is 0 Å². The highest BCUT2D eigenvalue weighted by molar-refractivity contribution is 5.34. The first-order chi connectivity index (χ1) is 5.29. The van der Waals surface area contributed by atoms with E-state index in [4.69, 9.17) is 0 Å². The van der Waals surface area contributed by atoms with Crippen molar-refractivity contribution in [2.24, 2.45) is 0 Å². The summed E-state index contributed by atoms with van der Waals surface area (Å²) in [7, 11) is 0. The lowest BCUT2D eigenvalue weighted by Gasteiger charge is -2.03. The maximum atomic E-state index is 9.46. The Kier molecular flexibility index (Phi) is 1.44. The van der Waals surface area contributed by atoms with Crippen molar-refractivity contribution in [3.05, 3.63) is 35.4 Å². The number of aliphatic hydroxyl groups is 1. The third-order valence-corrected chi connectivity index (χ3v) is 2.35. The molecule has 0 spiro atoms. The van der Waals surface area contributed by atoms with E-state index < -0.39 is 0 Å². The molecule has 0 amide bonds. The number of benzene rings is 1. The van der Waals surface area contributed by atoms with E-state index in [1.165, 1.54) is 11.1 Å². The fourth-order valence-corrected chi connectivity index (χ4v) is 1.66. The summed E-state index contributed by atoms with van der Waals surface area (Å²) < 4.78 is 0. The number of hydrogen-bond donors (Lipinski definition) is 2. The molecule has 4 N–H and O–H groups in total. The average Bonchev–Trinajstić information content (AvgIpc) is 2.30. The first-order valence-electron chi connectivity index (χ1n) is 3.88. The van der Waals surface area contributed by atoms with Crippen molar-refractivity contribution in [2.45, 2.75) is 18.6 Å². The second-order valence-corrected chi connectivity index (χ2v) is 3.08. The number of hydrogen-bond acceptors (Lipinski definition) is 1. The molecule has 0 aromatic heterocycles. The first kappa shape index (κ1) is 6.83. The van der Waals surface area contributed by atoms with Gasteiger partial charge in [-0.15, -0.1) is 0 Å². The molecule has 2 rings (SSSR count). The highest BCUT2D eigenvalue weighted by Gasteiger charge is 2.30. The molecular weight excluding hydrogens is 138 g/mol. The third kappa shape index (κ3) is 0.951. The van der Waals surface area contributed by atoms with Crippen LogP contribution < -0.4 is 5.73 Å². The molecule has 0 bridgehead atoms. The largest absolute Gasteiger partial charge is 0.386 e. The Morgan fingerprint density at radius 2 is 2.09 bits per heavy atom. The third-order valence-electron chi connectivity index (χ3n) is 2.35. The Hall–Kier alpha value is -0.860. The van der Waals surface area contributed by atoms with Gasteiger partial charge in [0.2, 0.25) is 0 Å². The lowest BCUT2D eigenvalue weighted by Crippen LogP contribution is -2.57. The van der Waals surface area contributed by atoms with Crippen LogP contribution in [0.1, 0.15) is 17.2 Å². The summed E-state index contributed by atoms with van der Waals surface area (Å²) in [5, 5.41) is 9.46. The van der Waals surface area contributed by atoms with Crippen LogP contribution in [0.4, 0.5) is 0 Å². The molecule has 0 heterocycles. The summed E-state index contributed by atoms with van der Waals surface area (Å²) in [5.41, 5.74) is 6.37. The van der Waals surface area contributed by atoms with E-state index >= 15 is 0 Å². The second-order valence-electron chi connectivity index (χ2n) is 3.08. The van der Waals surface area contributed by atoms with E-state index in [0.29, 0.717) is 0 Å². The Morgan fingerprint density at radius 1 is 1.36 bits per heavy atom. The van der Waals surface area contributed by atoms with Gasteiger partial charge in [0.25, 0.3) is 0 Å². The van der Waals surface area contributed by atoms with Gasteiger partial charge in [-0.3, -0.25) is 0 Å². The van der Waals surface area contributed by atoms with Gasteiger partial charge in [0, 0.05) is 12.0 Å². The topological polar surface area (TPSA) is 47.9 Å². The predicted octanol–water partition coefficient (Wildman–Crippen LogP) is -0.113. The van der Waals surface area contributed by atoms with Gasteiger partial charge >= 0.3 is 0 Å². The van der Waals surface area contributed by atoms with Gasteiger partial charge in [-0.2, -0.15) is 0 Å². The van der Waals surface area contributed by atoms with Crippen LogP contribution in [0.2, 0.25) is 0 Å². The molecular formula is C9H12NO+. The normalized spacial score (nSPS) is 28.5. The van der Waals surface area contributed by atoms with E-state index in [0.717, 1.165) is 6.42 Å². The molecule has 1 aliphatic carbocycles. The molecule has 0 unspecified atom stereocenters. The Labute approximate surface area is 65.7 Å². The molecule has 1 aromatic rings. The molecule has 2 nitrogen and oxygen atoms in total. The highest BCUT2D eigenvalue weighted by atomic mass is 16.3. The van der Waals surface area contributed by atoms with Gasteiger partial charge in [-0.1, -0.05) is 24.3 Å². The molecule has 0 fully saturated rings. The molecule has 1 aliphatic rings. The van der Waals surface area contributed by atoms with E-state index in [1.807, 2.05) is 18.2 Å². The fraction of sp³-hybridized carbons (Fsp3) is 0.333. The van der Waals surface area contributed by atoms with Crippen LogP contribution in [0, 0.1) is 0 Å². The molecule has 11 heavy (non-hydrogen) atoms. The minimum absolute atomic E-state index is 0.0752. The predicted molar refractivity (Wildman–Crippen MR) is 41.8 cm³/mol. The van der Waals surface area contributed by atoms with Crippen LogP contribution in [0.5, 0.6) is 0 Å². The summed E-state index contributed by atoms with van der Waals surface area (Å²) in [6, 6.07) is 8.18. The first-order valence-corrected chi connectivity index (χ1v) is 3.88. The number of rotatable bonds is 0. The summed E-state index contributed by atoms with van der Waals surface area (Å²) in [5.74, 6) is 0. The average molecular weight is 150 g/mol. The molecule has 0 saturated heterocycles. The van der Waals surface area contributed by atoms with Gasteiger partial charge in [0.15, 0.2) is 0 Å². The van der Waals surface area contributed by atoms with Crippen LogP contribution in [-0.2, 0) is 6.42 Å². The van der Waals surface area contributed by atoms with Gasteiger partial charge in [0.05, 0.1) is 0 Å². The van der Waals surface area contributed by atoms with Crippen LogP contribution in [0.25, 0.3) is 0 Å². The minimum Gasteiger partial charge on any atom is -0.386 e. The standard InChI is InChI=1S/C9H11NO/c10-9-7-4-2-1-3-6(7)5-8(9)11/h1-4,8-9,11H,5,10H2/p+1/t8-,9-/m1/s1.